The van der Waals surface area contributed by atoms with Crippen molar-refractivity contribution in [2.75, 3.05) is 12.3 Å². The van der Waals surface area contributed by atoms with Crippen molar-refractivity contribution in [3.05, 3.63) is 102 Å². The number of rotatable bonds is 8. The molecule has 0 saturated heterocycles. The van der Waals surface area contributed by atoms with Gasteiger partial charge < -0.3 is 0 Å². The second kappa shape index (κ2) is 10.7. The largest absolute Gasteiger partial charge is 0.207 e. The van der Waals surface area contributed by atoms with Crippen molar-refractivity contribution < 1.29 is 22.0 Å². The van der Waals surface area contributed by atoms with E-state index in [0.29, 0.717) is 34.7 Å². The van der Waals surface area contributed by atoms with Gasteiger partial charge in [0.05, 0.1) is 0 Å². The summed E-state index contributed by atoms with van der Waals surface area (Å²) in [6.07, 6.45) is 2.84. The molecule has 0 amide bonds. The third kappa shape index (κ3) is 6.59. The first-order chi connectivity index (χ1) is 14.7. The van der Waals surface area contributed by atoms with Gasteiger partial charge in [-0.25, -0.2) is 22.0 Å². The Balaban J connectivity index is 1.91. The molecule has 0 heterocycles. The second-order valence-corrected chi connectivity index (χ2v) is 12.1. The molecule has 162 valence electrons. The van der Waals surface area contributed by atoms with E-state index in [1.165, 1.54) is 36.4 Å². The Bertz CT molecular complexity index is 998. The lowest BCUT2D eigenvalue weighted by atomic mass is 10.1. The maximum atomic E-state index is 14.0. The Morgan fingerprint density at radius 2 is 1.10 bits per heavy atom. The molecule has 3 aromatic carbocycles. The Morgan fingerprint density at radius 1 is 0.645 bits per heavy atom. The normalized spacial score (nSPS) is 12.2. The molecule has 0 spiro atoms. The summed E-state index contributed by atoms with van der Waals surface area (Å²) in [7, 11) is -2.82. The average molecular weight is 487 g/mol. The molecule has 1 unspecified atom stereocenters. The lowest BCUT2D eigenvalue weighted by Gasteiger charge is -2.21. The molecule has 0 aromatic heterocycles. The third-order valence-corrected chi connectivity index (χ3v) is 9.75. The topological polar surface area (TPSA) is 0 Å². The van der Waals surface area contributed by atoms with Gasteiger partial charge in [-0.2, -0.15) is 0 Å². The molecule has 0 nitrogen and oxygen atoms in total. The van der Waals surface area contributed by atoms with Gasteiger partial charge >= 0.3 is 0 Å². The van der Waals surface area contributed by atoms with E-state index < -0.39 is 44.3 Å². The number of benzene rings is 3. The highest BCUT2D eigenvalue weighted by Gasteiger charge is 2.20. The van der Waals surface area contributed by atoms with E-state index in [4.69, 9.17) is 11.2 Å². The summed E-state index contributed by atoms with van der Waals surface area (Å²) in [6, 6.07) is 10.7. The van der Waals surface area contributed by atoms with Crippen molar-refractivity contribution in [3.8, 4) is 0 Å². The highest BCUT2D eigenvalue weighted by Crippen LogP contribution is 2.45. The monoisotopic (exact) mass is 486 g/mol. The van der Waals surface area contributed by atoms with Crippen molar-refractivity contribution in [3.63, 3.8) is 0 Å². The van der Waals surface area contributed by atoms with Crippen LogP contribution in [-0.2, 0) is 6.42 Å². The van der Waals surface area contributed by atoms with E-state index >= 15 is 0 Å². The molecule has 0 radical (unpaired) electrons. The molecule has 3 rings (SSSR count). The molecule has 8 heteroatoms. The van der Waals surface area contributed by atoms with Crippen LogP contribution >= 0.6 is 26.4 Å². The van der Waals surface area contributed by atoms with Crippen LogP contribution in [0, 0.1) is 29.1 Å². The van der Waals surface area contributed by atoms with Crippen LogP contribution in [-0.4, -0.2) is 12.3 Å². The van der Waals surface area contributed by atoms with E-state index in [9.17, 15) is 22.0 Å². The molecule has 3 aromatic rings. The molecule has 0 aliphatic carbocycles. The first-order valence-corrected chi connectivity index (χ1v) is 13.2. The zero-order valence-electron chi connectivity index (χ0n) is 16.3. The molecular formula is C23H18ClF5P2. The summed E-state index contributed by atoms with van der Waals surface area (Å²) < 4.78 is 69.3. The van der Waals surface area contributed by atoms with Gasteiger partial charge in [0, 0.05) is 19.4 Å². The molecule has 0 N–H and O–H groups in total. The second-order valence-electron chi connectivity index (χ2n) is 6.80. The highest BCUT2D eigenvalue weighted by molar-refractivity contribution is 7.90. The van der Waals surface area contributed by atoms with Gasteiger partial charge in [0.15, 0.2) is 0 Å². The van der Waals surface area contributed by atoms with Gasteiger partial charge in [0.1, 0.15) is 29.1 Å². The van der Waals surface area contributed by atoms with Crippen molar-refractivity contribution in [2.24, 2.45) is 0 Å². The molecule has 0 aliphatic heterocycles. The smallest absolute Gasteiger partial charge is 0.126 e. The first-order valence-electron chi connectivity index (χ1n) is 9.28. The molecule has 0 saturated carbocycles. The van der Waals surface area contributed by atoms with Crippen molar-refractivity contribution in [1.29, 1.82) is 0 Å². The predicted octanol–water partition coefficient (Wildman–Crippen LogP) is 6.50. The van der Waals surface area contributed by atoms with Crippen molar-refractivity contribution in [1.82, 2.24) is 0 Å². The Labute approximate surface area is 185 Å². The Morgan fingerprint density at radius 3 is 1.58 bits per heavy atom. The van der Waals surface area contributed by atoms with Crippen LogP contribution in [0.15, 0.2) is 67.3 Å². The lowest BCUT2D eigenvalue weighted by molar-refractivity contribution is 0.585. The van der Waals surface area contributed by atoms with E-state index in [1.807, 2.05) is 0 Å². The summed E-state index contributed by atoms with van der Waals surface area (Å²) in [4.78, 5) is 0. The van der Waals surface area contributed by atoms with Crippen LogP contribution in [0.5, 0.6) is 0 Å². The summed E-state index contributed by atoms with van der Waals surface area (Å²) in [5, 5.41) is 1.24. The fourth-order valence-corrected chi connectivity index (χ4v) is 8.41. The van der Waals surface area contributed by atoms with Crippen LogP contribution in [0.2, 0.25) is 0 Å². The molecule has 0 aliphatic rings. The van der Waals surface area contributed by atoms with E-state index in [1.54, 1.807) is 12.1 Å². The number of allylic oxidation sites excluding steroid dienone is 1. The predicted molar refractivity (Wildman–Crippen MR) is 121 cm³/mol. The molecule has 0 bridgehead atoms. The van der Waals surface area contributed by atoms with Crippen LogP contribution in [0.1, 0.15) is 5.56 Å². The Kier molecular flexibility index (Phi) is 8.22. The zero-order chi connectivity index (χ0) is 22.5. The maximum Gasteiger partial charge on any atom is 0.126 e. The minimum absolute atomic E-state index is 0.309. The summed E-state index contributed by atoms with van der Waals surface area (Å²) >= 11 is 6.58. The van der Waals surface area contributed by atoms with Crippen molar-refractivity contribution >= 4 is 42.4 Å². The number of halogens is 6. The number of hydrogen-bond acceptors (Lipinski definition) is 0. The van der Waals surface area contributed by atoms with Gasteiger partial charge in [0.2, 0.25) is 0 Å². The molecule has 31 heavy (non-hydrogen) atoms. The molecule has 1 atom stereocenters. The summed E-state index contributed by atoms with van der Waals surface area (Å²) in [5.41, 5.74) is 0.736. The maximum absolute atomic E-state index is 14.0. The highest BCUT2D eigenvalue weighted by atomic mass is 35.7. The van der Waals surface area contributed by atoms with Gasteiger partial charge in [-0.3, -0.25) is 0 Å². The first kappa shape index (κ1) is 23.9. The van der Waals surface area contributed by atoms with Crippen LogP contribution in [0.4, 0.5) is 22.0 Å². The molecular weight excluding hydrogens is 469 g/mol. The van der Waals surface area contributed by atoms with Crippen LogP contribution in [0.3, 0.4) is 0 Å². The lowest BCUT2D eigenvalue weighted by Crippen LogP contribution is -2.18. The summed E-state index contributed by atoms with van der Waals surface area (Å²) in [5.74, 6) is -3.50. The van der Waals surface area contributed by atoms with Crippen LogP contribution < -0.4 is 15.9 Å². The molecule has 0 fully saturated rings. The zero-order valence-corrected chi connectivity index (χ0v) is 18.8. The minimum Gasteiger partial charge on any atom is -0.207 e. The fourth-order valence-electron chi connectivity index (χ4n) is 3.17. The van der Waals surface area contributed by atoms with Gasteiger partial charge in [-0.05, 0) is 90.6 Å². The quantitative estimate of drug-likeness (QED) is 0.194. The van der Waals surface area contributed by atoms with Crippen molar-refractivity contribution in [2.45, 2.75) is 6.42 Å². The SMILES string of the molecule is C=CCc1cc(F)cc(P(Cl)CCP(c2cc(F)cc(F)c2)c2cc(F)cc(F)c2)c1. The van der Waals surface area contributed by atoms with E-state index in [0.717, 1.165) is 17.7 Å². The minimum atomic E-state index is -1.50. The van der Waals surface area contributed by atoms with Crippen LogP contribution in [0.25, 0.3) is 0 Å². The standard InChI is InChI=1S/C23H18ClF5P2/c1-2-3-15-6-16(25)14-23(7-15)31(24)5-4-30(21-10-17(26)8-18(27)11-21)22-12-19(28)9-20(29)13-22/h2,6-14H,1,3-5H2. The van der Waals surface area contributed by atoms with Gasteiger partial charge in [0.25, 0.3) is 0 Å². The average Bonchev–Trinajstić information content (AvgIpc) is 2.66. The van der Waals surface area contributed by atoms with Gasteiger partial charge in [-0.1, -0.05) is 17.3 Å². The fraction of sp³-hybridized carbons (Fsp3) is 0.130. The van der Waals surface area contributed by atoms with Gasteiger partial charge in [-0.15, -0.1) is 6.58 Å². The van der Waals surface area contributed by atoms with E-state index in [2.05, 4.69) is 6.58 Å². The number of hydrogen-bond donors (Lipinski definition) is 0. The Hall–Kier alpha value is -1.80. The third-order valence-electron chi connectivity index (χ3n) is 4.44. The summed E-state index contributed by atoms with van der Waals surface area (Å²) in [6.45, 7) is 3.65. The van der Waals surface area contributed by atoms with E-state index in [-0.39, 0.29) is 0 Å².